The monoisotopic (exact) mass is 407 g/mol. The maximum atomic E-state index is 12.8. The van der Waals surface area contributed by atoms with Crippen LogP contribution in [0.1, 0.15) is 42.1 Å². The van der Waals surface area contributed by atoms with E-state index in [1.165, 1.54) is 0 Å². The van der Waals surface area contributed by atoms with Crippen LogP contribution in [0.3, 0.4) is 0 Å². The lowest BCUT2D eigenvalue weighted by atomic mass is 10.1. The van der Waals surface area contributed by atoms with Crippen molar-refractivity contribution < 1.29 is 23.5 Å². The first kappa shape index (κ1) is 19.6. The Morgan fingerprint density at radius 3 is 2.60 bits per heavy atom. The molecule has 2 aromatic carbocycles. The number of carbonyl (C=O) groups excluding carboxylic acids is 2. The minimum atomic E-state index is -0.751. The molecule has 30 heavy (non-hydrogen) atoms. The second kappa shape index (κ2) is 8.36. The summed E-state index contributed by atoms with van der Waals surface area (Å²) >= 11 is 0. The molecule has 0 bridgehead atoms. The number of anilines is 1. The van der Waals surface area contributed by atoms with Crippen molar-refractivity contribution in [3.63, 3.8) is 0 Å². The molecule has 1 aromatic heterocycles. The number of hydrogen-bond acceptors (Lipinski definition) is 7. The summed E-state index contributed by atoms with van der Waals surface area (Å²) in [5.41, 5.74) is 1.61. The minimum Gasteiger partial charge on any atom is -0.497 e. The molecule has 4 rings (SSSR count). The number of nitrogens with zero attached hydrogens (tertiary/aromatic N) is 3. The van der Waals surface area contributed by atoms with Crippen LogP contribution in [-0.4, -0.2) is 35.7 Å². The van der Waals surface area contributed by atoms with Crippen LogP contribution in [0.5, 0.6) is 5.75 Å². The zero-order valence-electron chi connectivity index (χ0n) is 16.7. The number of amides is 1. The molecule has 0 aliphatic carbocycles. The van der Waals surface area contributed by atoms with E-state index in [4.69, 9.17) is 13.9 Å². The Labute approximate surface area is 173 Å². The fraction of sp³-hybridized carbons (Fsp3) is 0.273. The predicted octanol–water partition coefficient (Wildman–Crippen LogP) is 3.79. The first-order valence-electron chi connectivity index (χ1n) is 9.65. The standard InChI is InChI=1S/C22H21N3O5/c1-14(20-23-24-21(30-20)15-9-11-16(28-2)12-10-15)29-22(27)17-6-3-4-7-18(17)25-13-5-8-19(25)26/h3-4,6-7,9-12,14H,5,8,13H2,1-2H3/t14-/m0/s1. The third-order valence-corrected chi connectivity index (χ3v) is 4.90. The van der Waals surface area contributed by atoms with Gasteiger partial charge in [0, 0.05) is 18.5 Å². The van der Waals surface area contributed by atoms with Crippen molar-refractivity contribution in [3.05, 3.63) is 60.0 Å². The number of benzene rings is 2. The van der Waals surface area contributed by atoms with E-state index in [1.807, 2.05) is 0 Å². The molecule has 0 unspecified atom stereocenters. The van der Waals surface area contributed by atoms with Crippen LogP contribution in [0.15, 0.2) is 52.9 Å². The lowest BCUT2D eigenvalue weighted by molar-refractivity contribution is -0.117. The number of aromatic nitrogens is 2. The molecule has 1 aliphatic heterocycles. The van der Waals surface area contributed by atoms with Gasteiger partial charge in [-0.15, -0.1) is 10.2 Å². The van der Waals surface area contributed by atoms with Crippen molar-refractivity contribution >= 4 is 17.6 Å². The number of rotatable bonds is 6. The maximum Gasteiger partial charge on any atom is 0.341 e. The minimum absolute atomic E-state index is 0.00401. The molecular formula is C22H21N3O5. The van der Waals surface area contributed by atoms with Gasteiger partial charge < -0.3 is 18.8 Å². The molecule has 0 spiro atoms. The van der Waals surface area contributed by atoms with Gasteiger partial charge >= 0.3 is 5.97 Å². The number of esters is 1. The van der Waals surface area contributed by atoms with Gasteiger partial charge in [0.05, 0.1) is 18.4 Å². The number of hydrogen-bond donors (Lipinski definition) is 0. The molecule has 1 atom stereocenters. The lowest BCUT2D eigenvalue weighted by Crippen LogP contribution is -2.26. The summed E-state index contributed by atoms with van der Waals surface area (Å²) in [6.45, 7) is 2.25. The highest BCUT2D eigenvalue weighted by atomic mass is 16.6. The first-order chi connectivity index (χ1) is 14.6. The summed E-state index contributed by atoms with van der Waals surface area (Å²) in [5.74, 6) is 0.671. The molecule has 154 valence electrons. The largest absolute Gasteiger partial charge is 0.497 e. The van der Waals surface area contributed by atoms with Crippen molar-refractivity contribution in [1.82, 2.24) is 10.2 Å². The maximum absolute atomic E-state index is 12.8. The van der Waals surface area contributed by atoms with Crippen molar-refractivity contribution in [2.24, 2.45) is 0 Å². The summed E-state index contributed by atoms with van der Waals surface area (Å²) < 4.78 is 16.4. The third kappa shape index (κ3) is 3.89. The van der Waals surface area contributed by atoms with Crippen molar-refractivity contribution in [1.29, 1.82) is 0 Å². The molecule has 1 saturated heterocycles. The Hall–Kier alpha value is -3.68. The molecule has 1 amide bonds. The van der Waals surface area contributed by atoms with Crippen LogP contribution in [0.2, 0.25) is 0 Å². The van der Waals surface area contributed by atoms with E-state index < -0.39 is 12.1 Å². The van der Waals surface area contributed by atoms with E-state index in [9.17, 15) is 9.59 Å². The zero-order valence-corrected chi connectivity index (χ0v) is 16.7. The molecule has 0 N–H and O–H groups in total. The van der Waals surface area contributed by atoms with Gasteiger partial charge in [-0.3, -0.25) is 4.79 Å². The molecular weight excluding hydrogens is 386 g/mol. The second-order valence-corrected chi connectivity index (χ2v) is 6.89. The van der Waals surface area contributed by atoms with Crippen LogP contribution in [0, 0.1) is 0 Å². The number of ether oxygens (including phenoxy) is 2. The van der Waals surface area contributed by atoms with Crippen molar-refractivity contribution in [2.45, 2.75) is 25.9 Å². The quantitative estimate of drug-likeness (QED) is 0.574. The van der Waals surface area contributed by atoms with Crippen molar-refractivity contribution in [2.75, 3.05) is 18.6 Å². The highest BCUT2D eigenvalue weighted by Gasteiger charge is 2.27. The molecule has 1 aliphatic rings. The number of para-hydroxylation sites is 1. The van der Waals surface area contributed by atoms with Crippen LogP contribution in [-0.2, 0) is 9.53 Å². The predicted molar refractivity (Wildman–Crippen MR) is 108 cm³/mol. The van der Waals surface area contributed by atoms with Gasteiger partial charge in [0.2, 0.25) is 11.8 Å². The van der Waals surface area contributed by atoms with Gasteiger partial charge in [-0.2, -0.15) is 0 Å². The van der Waals surface area contributed by atoms with Gasteiger partial charge in [0.25, 0.3) is 5.89 Å². The molecule has 1 fully saturated rings. The average Bonchev–Trinajstić information content (AvgIpc) is 3.43. The fourth-order valence-corrected chi connectivity index (χ4v) is 3.31. The lowest BCUT2D eigenvalue weighted by Gasteiger charge is -2.19. The first-order valence-corrected chi connectivity index (χ1v) is 9.65. The average molecular weight is 407 g/mol. The zero-order chi connectivity index (χ0) is 21.1. The second-order valence-electron chi connectivity index (χ2n) is 6.89. The Morgan fingerprint density at radius 2 is 1.90 bits per heavy atom. The van der Waals surface area contributed by atoms with E-state index in [-0.39, 0.29) is 11.8 Å². The van der Waals surface area contributed by atoms with Crippen LogP contribution in [0.25, 0.3) is 11.5 Å². The summed E-state index contributed by atoms with van der Waals surface area (Å²) in [5, 5.41) is 8.04. The summed E-state index contributed by atoms with van der Waals surface area (Å²) in [4.78, 5) is 26.5. The Kier molecular flexibility index (Phi) is 5.47. The molecule has 3 aromatic rings. The van der Waals surface area contributed by atoms with E-state index in [0.29, 0.717) is 30.1 Å². The van der Waals surface area contributed by atoms with Gasteiger partial charge in [0.1, 0.15) is 5.75 Å². The summed E-state index contributed by atoms with van der Waals surface area (Å²) in [6, 6.07) is 14.1. The molecule has 0 saturated carbocycles. The van der Waals surface area contributed by atoms with Gasteiger partial charge in [0.15, 0.2) is 6.10 Å². The van der Waals surface area contributed by atoms with E-state index >= 15 is 0 Å². The molecule has 8 nitrogen and oxygen atoms in total. The summed E-state index contributed by atoms with van der Waals surface area (Å²) in [7, 11) is 1.59. The van der Waals surface area contributed by atoms with E-state index in [2.05, 4.69) is 10.2 Å². The Bertz CT molecular complexity index is 1060. The molecule has 8 heteroatoms. The van der Waals surface area contributed by atoms with Gasteiger partial charge in [-0.25, -0.2) is 4.79 Å². The van der Waals surface area contributed by atoms with E-state index in [0.717, 1.165) is 17.7 Å². The number of methoxy groups -OCH3 is 1. The molecule has 2 heterocycles. The van der Waals surface area contributed by atoms with Gasteiger partial charge in [-0.1, -0.05) is 12.1 Å². The number of carbonyl (C=O) groups is 2. The normalized spacial score (nSPS) is 14.6. The SMILES string of the molecule is COc1ccc(-c2nnc([C@H](C)OC(=O)c3ccccc3N3CCCC3=O)o2)cc1. The van der Waals surface area contributed by atoms with Crippen LogP contribution >= 0.6 is 0 Å². The fourth-order valence-electron chi connectivity index (χ4n) is 3.31. The highest BCUT2D eigenvalue weighted by molar-refractivity contribution is 6.03. The summed E-state index contributed by atoms with van der Waals surface area (Å²) in [6.07, 6.45) is 0.504. The Morgan fingerprint density at radius 1 is 1.13 bits per heavy atom. The molecule has 0 radical (unpaired) electrons. The van der Waals surface area contributed by atoms with Gasteiger partial charge in [-0.05, 0) is 49.7 Å². The van der Waals surface area contributed by atoms with Crippen molar-refractivity contribution in [3.8, 4) is 17.2 Å². The van der Waals surface area contributed by atoms with Crippen LogP contribution in [0.4, 0.5) is 5.69 Å². The topological polar surface area (TPSA) is 94.8 Å². The van der Waals surface area contributed by atoms with Crippen LogP contribution < -0.4 is 9.64 Å². The third-order valence-electron chi connectivity index (χ3n) is 4.90. The Balaban J connectivity index is 1.49. The van der Waals surface area contributed by atoms with E-state index in [1.54, 1.807) is 67.5 Å². The smallest absolute Gasteiger partial charge is 0.341 e. The highest BCUT2D eigenvalue weighted by Crippen LogP contribution is 2.29.